The van der Waals surface area contributed by atoms with Crippen molar-refractivity contribution in [2.75, 3.05) is 6.54 Å². The first-order valence-electron chi connectivity index (χ1n) is 8.56. The Morgan fingerprint density at radius 1 is 1.35 bits per heavy atom. The number of carbonyl (C=O) groups excluding carboxylic acids is 1. The van der Waals surface area contributed by atoms with E-state index < -0.39 is 11.9 Å². The molecule has 1 aliphatic carbocycles. The Hall–Kier alpha value is -2.51. The smallest absolute Gasteiger partial charge is 0.435 e. The average molecular weight is 367 g/mol. The largest absolute Gasteiger partial charge is 0.465 e. The van der Waals surface area contributed by atoms with Gasteiger partial charge in [-0.3, -0.25) is 9.48 Å². The van der Waals surface area contributed by atoms with Gasteiger partial charge in [0.2, 0.25) is 5.91 Å². The van der Waals surface area contributed by atoms with Crippen molar-refractivity contribution < 1.29 is 22.4 Å². The second-order valence-corrected chi connectivity index (χ2v) is 6.28. The van der Waals surface area contributed by atoms with Crippen molar-refractivity contribution in [3.8, 4) is 0 Å². The molecule has 8 heteroatoms. The molecule has 0 N–H and O–H groups in total. The molecule has 1 saturated carbocycles. The maximum absolute atomic E-state index is 12.7. The molecule has 1 amide bonds. The van der Waals surface area contributed by atoms with Crippen LogP contribution in [-0.4, -0.2) is 33.2 Å². The summed E-state index contributed by atoms with van der Waals surface area (Å²) in [4.78, 5) is 14.3. The summed E-state index contributed by atoms with van der Waals surface area (Å²) in [5.74, 6) is 0.406. The Morgan fingerprint density at radius 2 is 2.12 bits per heavy atom. The fourth-order valence-corrected chi connectivity index (χ4v) is 3.17. The second-order valence-electron chi connectivity index (χ2n) is 6.28. The summed E-state index contributed by atoms with van der Waals surface area (Å²) >= 11 is 0. The Morgan fingerprint density at radius 3 is 2.73 bits per heavy atom. The summed E-state index contributed by atoms with van der Waals surface area (Å²) in [6.45, 7) is 0.526. The number of rotatable bonds is 6. The predicted molar refractivity (Wildman–Crippen MR) is 88.9 cm³/mol. The molecule has 26 heavy (non-hydrogen) atoms. The minimum absolute atomic E-state index is 0.112. The van der Waals surface area contributed by atoms with E-state index >= 15 is 0 Å². The molecule has 5 nitrogen and oxygen atoms in total. The number of hydrogen-bond donors (Lipinski definition) is 0. The zero-order valence-corrected chi connectivity index (χ0v) is 14.2. The topological polar surface area (TPSA) is 51.3 Å². The highest BCUT2D eigenvalue weighted by molar-refractivity contribution is 5.91. The van der Waals surface area contributed by atoms with Crippen LogP contribution in [0.2, 0.25) is 0 Å². The molecule has 0 aromatic carbocycles. The van der Waals surface area contributed by atoms with E-state index in [-0.39, 0.29) is 18.5 Å². The molecule has 0 radical (unpaired) electrons. The summed E-state index contributed by atoms with van der Waals surface area (Å²) in [6, 6.07) is 4.53. The van der Waals surface area contributed by atoms with Crippen LogP contribution in [0.3, 0.4) is 0 Å². The number of halogens is 3. The van der Waals surface area contributed by atoms with Crippen molar-refractivity contribution in [1.82, 2.24) is 14.7 Å². The monoisotopic (exact) mass is 367 g/mol. The lowest BCUT2D eigenvalue weighted by Gasteiger charge is -2.28. The van der Waals surface area contributed by atoms with Gasteiger partial charge >= 0.3 is 6.18 Å². The van der Waals surface area contributed by atoms with Gasteiger partial charge in [-0.1, -0.05) is 12.8 Å². The van der Waals surface area contributed by atoms with Crippen molar-refractivity contribution in [1.29, 1.82) is 0 Å². The average Bonchev–Trinajstić information content (AvgIpc) is 3.34. The number of amides is 1. The van der Waals surface area contributed by atoms with Crippen molar-refractivity contribution in [2.45, 2.75) is 44.4 Å². The van der Waals surface area contributed by atoms with Gasteiger partial charge in [0.25, 0.3) is 0 Å². The zero-order chi connectivity index (χ0) is 18.6. The van der Waals surface area contributed by atoms with Gasteiger partial charge in [0.15, 0.2) is 5.69 Å². The van der Waals surface area contributed by atoms with Crippen LogP contribution in [0.25, 0.3) is 6.08 Å². The van der Waals surface area contributed by atoms with Crippen LogP contribution in [0.4, 0.5) is 13.2 Å². The molecule has 1 aliphatic rings. The van der Waals surface area contributed by atoms with E-state index in [1.807, 2.05) is 0 Å². The first-order valence-corrected chi connectivity index (χ1v) is 8.56. The molecule has 140 valence electrons. The number of aromatic nitrogens is 2. The van der Waals surface area contributed by atoms with E-state index in [0.29, 0.717) is 12.3 Å². The number of furan rings is 1. The van der Waals surface area contributed by atoms with E-state index in [1.165, 1.54) is 23.2 Å². The molecule has 0 spiro atoms. The standard InChI is InChI=1S/C18H20F3N3O2/c19-18(20,21)16-9-10-23(22-16)11-12-24(14-4-1-2-5-14)17(25)8-7-15-6-3-13-26-15/h3,6-10,13-14H,1-2,4-5,11-12H2/b8-7+. The van der Waals surface area contributed by atoms with Gasteiger partial charge in [-0.25, -0.2) is 0 Å². The highest BCUT2D eigenvalue weighted by Gasteiger charge is 2.33. The quantitative estimate of drug-likeness (QED) is 0.726. The fraction of sp³-hybridized carbons (Fsp3) is 0.444. The third-order valence-corrected chi connectivity index (χ3v) is 4.48. The second kappa shape index (κ2) is 7.80. The number of alkyl halides is 3. The van der Waals surface area contributed by atoms with E-state index in [1.54, 1.807) is 23.1 Å². The predicted octanol–water partition coefficient (Wildman–Crippen LogP) is 3.98. The van der Waals surface area contributed by atoms with Crippen LogP contribution in [0.5, 0.6) is 0 Å². The van der Waals surface area contributed by atoms with Crippen LogP contribution in [-0.2, 0) is 17.5 Å². The maximum atomic E-state index is 12.7. The van der Waals surface area contributed by atoms with Crippen LogP contribution >= 0.6 is 0 Å². The third kappa shape index (κ3) is 4.56. The summed E-state index contributed by atoms with van der Waals surface area (Å²) in [5.41, 5.74) is -0.922. The van der Waals surface area contributed by atoms with Crippen LogP contribution < -0.4 is 0 Å². The third-order valence-electron chi connectivity index (χ3n) is 4.48. The minimum Gasteiger partial charge on any atom is -0.465 e. The van der Waals surface area contributed by atoms with Gasteiger partial charge in [-0.15, -0.1) is 0 Å². The summed E-state index contributed by atoms with van der Waals surface area (Å²) in [7, 11) is 0. The van der Waals surface area contributed by atoms with Crippen molar-refractivity contribution in [3.05, 3.63) is 48.2 Å². The fourth-order valence-electron chi connectivity index (χ4n) is 3.17. The van der Waals surface area contributed by atoms with E-state index in [2.05, 4.69) is 5.10 Å². The molecule has 0 aliphatic heterocycles. The SMILES string of the molecule is O=C(/C=C/c1ccco1)N(CCn1ccc(C(F)(F)F)n1)C1CCCC1. The molecular formula is C18H20F3N3O2. The molecule has 0 bridgehead atoms. The Labute approximate surface area is 149 Å². The normalized spacial score (nSPS) is 15.8. The lowest BCUT2D eigenvalue weighted by atomic mass is 10.2. The first-order chi connectivity index (χ1) is 12.4. The number of carbonyl (C=O) groups is 1. The van der Waals surface area contributed by atoms with E-state index in [0.717, 1.165) is 31.7 Å². The van der Waals surface area contributed by atoms with Crippen LogP contribution in [0.1, 0.15) is 37.1 Å². The lowest BCUT2D eigenvalue weighted by molar-refractivity contribution is -0.141. The highest BCUT2D eigenvalue weighted by atomic mass is 19.4. The molecule has 0 saturated heterocycles. The maximum Gasteiger partial charge on any atom is 0.435 e. The number of hydrogen-bond acceptors (Lipinski definition) is 3. The summed E-state index contributed by atoms with van der Waals surface area (Å²) in [6.07, 6.45) is 5.32. The summed E-state index contributed by atoms with van der Waals surface area (Å²) in [5, 5.41) is 3.55. The molecule has 2 aromatic heterocycles. The van der Waals surface area contributed by atoms with Crippen molar-refractivity contribution in [3.63, 3.8) is 0 Å². The molecule has 0 atom stereocenters. The van der Waals surface area contributed by atoms with Crippen molar-refractivity contribution in [2.24, 2.45) is 0 Å². The molecule has 1 fully saturated rings. The molecule has 3 rings (SSSR count). The molecular weight excluding hydrogens is 347 g/mol. The van der Waals surface area contributed by atoms with Crippen molar-refractivity contribution >= 4 is 12.0 Å². The highest BCUT2D eigenvalue weighted by Crippen LogP contribution is 2.27. The number of nitrogens with zero attached hydrogens (tertiary/aromatic N) is 3. The first kappa shape index (κ1) is 18.3. The zero-order valence-electron chi connectivity index (χ0n) is 14.2. The minimum atomic E-state index is -4.46. The van der Waals surface area contributed by atoms with Gasteiger partial charge in [-0.2, -0.15) is 18.3 Å². The van der Waals surface area contributed by atoms with Gasteiger partial charge in [0, 0.05) is 24.9 Å². The van der Waals surface area contributed by atoms with Gasteiger partial charge in [0.1, 0.15) is 5.76 Å². The Bertz CT molecular complexity index is 744. The molecule has 2 aromatic rings. The van der Waals surface area contributed by atoms with Gasteiger partial charge < -0.3 is 9.32 Å². The van der Waals surface area contributed by atoms with Gasteiger partial charge in [0.05, 0.1) is 12.8 Å². The van der Waals surface area contributed by atoms with Crippen LogP contribution in [0, 0.1) is 0 Å². The molecule has 2 heterocycles. The van der Waals surface area contributed by atoms with Crippen LogP contribution in [0.15, 0.2) is 41.2 Å². The lowest BCUT2D eigenvalue weighted by Crippen LogP contribution is -2.40. The summed E-state index contributed by atoms with van der Waals surface area (Å²) < 4.78 is 44.4. The molecule has 0 unspecified atom stereocenters. The Balaban J connectivity index is 1.66. The Kier molecular flexibility index (Phi) is 5.49. The van der Waals surface area contributed by atoms with E-state index in [9.17, 15) is 18.0 Å². The van der Waals surface area contributed by atoms with Gasteiger partial charge in [-0.05, 0) is 37.1 Å². The van der Waals surface area contributed by atoms with E-state index in [4.69, 9.17) is 4.42 Å².